The van der Waals surface area contributed by atoms with E-state index in [1.54, 1.807) is 11.3 Å². The molecule has 1 nitrogen and oxygen atoms in total. The third kappa shape index (κ3) is 1.97. The van der Waals surface area contributed by atoms with Gasteiger partial charge in [0.15, 0.2) is 0 Å². The molecule has 2 atom stereocenters. The van der Waals surface area contributed by atoms with Crippen molar-refractivity contribution < 1.29 is 5.11 Å². The van der Waals surface area contributed by atoms with Crippen LogP contribution in [0.1, 0.15) is 31.7 Å². The van der Waals surface area contributed by atoms with Crippen LogP contribution in [0.5, 0.6) is 0 Å². The van der Waals surface area contributed by atoms with Gasteiger partial charge in [-0.15, -0.1) is 11.3 Å². The van der Waals surface area contributed by atoms with E-state index in [0.29, 0.717) is 5.92 Å². The molecule has 1 saturated carbocycles. The maximum atomic E-state index is 10.4. The zero-order chi connectivity index (χ0) is 10.2. The zero-order valence-corrected chi connectivity index (χ0v) is 9.87. The van der Waals surface area contributed by atoms with Gasteiger partial charge in [-0.3, -0.25) is 0 Å². The normalized spacial score (nSPS) is 32.4. The average molecular weight is 231 g/mol. The molecule has 1 N–H and O–H groups in total. The van der Waals surface area contributed by atoms with Crippen LogP contribution in [0.25, 0.3) is 0 Å². The summed E-state index contributed by atoms with van der Waals surface area (Å²) in [5.41, 5.74) is 0.695. The molecular weight excluding hydrogens is 216 g/mol. The van der Waals surface area contributed by atoms with Crippen LogP contribution in [-0.4, -0.2) is 10.7 Å². The van der Waals surface area contributed by atoms with Crippen molar-refractivity contribution in [2.45, 2.75) is 38.2 Å². The van der Waals surface area contributed by atoms with Gasteiger partial charge in [-0.1, -0.05) is 24.9 Å². The molecule has 0 amide bonds. The first kappa shape index (κ1) is 10.5. The predicted molar refractivity (Wildman–Crippen MR) is 61.0 cm³/mol. The van der Waals surface area contributed by atoms with Crippen molar-refractivity contribution in [2.75, 3.05) is 0 Å². The molecular formula is C11H15ClOS. The Bertz CT molecular complexity index is 323. The van der Waals surface area contributed by atoms with Crippen LogP contribution in [-0.2, 0) is 6.42 Å². The topological polar surface area (TPSA) is 20.2 Å². The highest BCUT2D eigenvalue weighted by atomic mass is 35.5. The predicted octanol–water partition coefficient (Wildman–Crippen LogP) is 3.50. The highest BCUT2D eigenvalue weighted by molar-refractivity contribution is 7.14. The number of aliphatic hydroxyl groups is 1. The van der Waals surface area contributed by atoms with Crippen LogP contribution in [0, 0.1) is 5.92 Å². The molecule has 2 unspecified atom stereocenters. The largest absolute Gasteiger partial charge is 0.389 e. The molecule has 2 rings (SSSR count). The van der Waals surface area contributed by atoms with E-state index >= 15 is 0 Å². The highest BCUT2D eigenvalue weighted by Gasteiger charge is 2.38. The van der Waals surface area contributed by atoms with E-state index in [1.165, 1.54) is 5.56 Å². The molecule has 3 heteroatoms. The second kappa shape index (κ2) is 3.84. The molecule has 0 saturated heterocycles. The maximum Gasteiger partial charge on any atom is 0.0931 e. The van der Waals surface area contributed by atoms with Gasteiger partial charge in [-0.05, 0) is 35.8 Å². The van der Waals surface area contributed by atoms with Gasteiger partial charge in [0.05, 0.1) is 9.94 Å². The first-order valence-electron chi connectivity index (χ1n) is 5.05. The van der Waals surface area contributed by atoms with Crippen LogP contribution < -0.4 is 0 Å². The van der Waals surface area contributed by atoms with E-state index in [4.69, 9.17) is 11.6 Å². The van der Waals surface area contributed by atoms with Gasteiger partial charge in [0.25, 0.3) is 0 Å². The second-order valence-corrected chi connectivity index (χ2v) is 5.88. The summed E-state index contributed by atoms with van der Waals surface area (Å²) in [6, 6.07) is 1.97. The summed E-state index contributed by atoms with van der Waals surface area (Å²) in [5.74, 6) is 0.418. The number of hydrogen-bond acceptors (Lipinski definition) is 2. The summed E-state index contributed by atoms with van der Waals surface area (Å²) in [6.07, 6.45) is 3.99. The first-order chi connectivity index (χ1) is 6.60. The number of halogens is 1. The Morgan fingerprint density at radius 1 is 1.71 bits per heavy atom. The Hall–Kier alpha value is -0.0500. The Balaban J connectivity index is 2.10. The lowest BCUT2D eigenvalue weighted by Gasteiger charge is -2.27. The Kier molecular flexibility index (Phi) is 2.87. The monoisotopic (exact) mass is 230 g/mol. The number of rotatable bonds is 2. The highest BCUT2D eigenvalue weighted by Crippen LogP contribution is 2.38. The van der Waals surface area contributed by atoms with Crippen LogP contribution >= 0.6 is 22.9 Å². The Labute approximate surface area is 93.7 Å². The molecule has 1 aliphatic rings. The lowest BCUT2D eigenvalue weighted by atomic mass is 9.87. The summed E-state index contributed by atoms with van der Waals surface area (Å²) in [6.45, 7) is 2.14. The maximum absolute atomic E-state index is 10.4. The lowest BCUT2D eigenvalue weighted by Crippen LogP contribution is -2.33. The summed E-state index contributed by atoms with van der Waals surface area (Å²) in [4.78, 5) is 0. The van der Waals surface area contributed by atoms with Crippen molar-refractivity contribution >= 4 is 22.9 Å². The lowest BCUT2D eigenvalue weighted by molar-refractivity contribution is 0.00969. The number of hydrogen-bond donors (Lipinski definition) is 1. The van der Waals surface area contributed by atoms with E-state index in [9.17, 15) is 5.11 Å². The minimum absolute atomic E-state index is 0.418. The minimum Gasteiger partial charge on any atom is -0.389 e. The fourth-order valence-corrected chi connectivity index (χ4v) is 3.19. The minimum atomic E-state index is -0.482. The van der Waals surface area contributed by atoms with E-state index < -0.39 is 5.60 Å². The van der Waals surface area contributed by atoms with Crippen molar-refractivity contribution in [2.24, 2.45) is 5.92 Å². The molecule has 0 spiro atoms. The average Bonchev–Trinajstić information content (AvgIpc) is 2.62. The smallest absolute Gasteiger partial charge is 0.0931 e. The summed E-state index contributed by atoms with van der Waals surface area (Å²) in [5, 5.41) is 12.4. The molecule has 1 fully saturated rings. The zero-order valence-electron chi connectivity index (χ0n) is 8.29. The van der Waals surface area contributed by atoms with Gasteiger partial charge in [-0.25, -0.2) is 0 Å². The van der Waals surface area contributed by atoms with Crippen LogP contribution in [0.15, 0.2) is 11.4 Å². The standard InChI is InChI=1S/C11H15ClOS/c1-8-3-2-4-11(8,13)6-9-5-10(12)14-7-9/h5,7-8,13H,2-4,6H2,1H3. The molecule has 1 aromatic rings. The third-order valence-corrected chi connectivity index (χ3v) is 4.44. The summed E-state index contributed by atoms with van der Waals surface area (Å²) >= 11 is 7.41. The molecule has 78 valence electrons. The second-order valence-electron chi connectivity index (χ2n) is 4.33. The Morgan fingerprint density at radius 3 is 3.00 bits per heavy atom. The van der Waals surface area contributed by atoms with Gasteiger partial charge in [0.2, 0.25) is 0 Å². The van der Waals surface area contributed by atoms with Crippen molar-refractivity contribution in [3.8, 4) is 0 Å². The Morgan fingerprint density at radius 2 is 2.50 bits per heavy atom. The van der Waals surface area contributed by atoms with Gasteiger partial charge >= 0.3 is 0 Å². The quantitative estimate of drug-likeness (QED) is 0.825. The molecule has 1 heterocycles. The van der Waals surface area contributed by atoms with Crippen molar-refractivity contribution in [3.05, 3.63) is 21.3 Å². The van der Waals surface area contributed by atoms with Gasteiger partial charge in [0, 0.05) is 6.42 Å². The fraction of sp³-hybridized carbons (Fsp3) is 0.636. The first-order valence-corrected chi connectivity index (χ1v) is 6.31. The molecule has 14 heavy (non-hydrogen) atoms. The fourth-order valence-electron chi connectivity index (χ4n) is 2.28. The SMILES string of the molecule is CC1CCCC1(O)Cc1csc(Cl)c1. The number of thiophene rings is 1. The van der Waals surface area contributed by atoms with Crippen LogP contribution in [0.3, 0.4) is 0 Å². The third-order valence-electron chi connectivity index (χ3n) is 3.30. The molecule has 0 radical (unpaired) electrons. The van der Waals surface area contributed by atoms with Crippen molar-refractivity contribution in [1.29, 1.82) is 0 Å². The van der Waals surface area contributed by atoms with E-state index in [2.05, 4.69) is 6.92 Å². The van der Waals surface area contributed by atoms with Crippen LogP contribution in [0.4, 0.5) is 0 Å². The summed E-state index contributed by atoms with van der Waals surface area (Å²) in [7, 11) is 0. The molecule has 1 aliphatic carbocycles. The summed E-state index contributed by atoms with van der Waals surface area (Å²) < 4.78 is 0.814. The van der Waals surface area contributed by atoms with E-state index in [1.807, 2.05) is 11.4 Å². The van der Waals surface area contributed by atoms with Crippen molar-refractivity contribution in [1.82, 2.24) is 0 Å². The van der Waals surface area contributed by atoms with Gasteiger partial charge in [-0.2, -0.15) is 0 Å². The van der Waals surface area contributed by atoms with E-state index in [0.717, 1.165) is 30.0 Å². The van der Waals surface area contributed by atoms with E-state index in [-0.39, 0.29) is 0 Å². The van der Waals surface area contributed by atoms with Crippen molar-refractivity contribution in [3.63, 3.8) is 0 Å². The molecule has 0 aliphatic heterocycles. The van der Waals surface area contributed by atoms with Gasteiger partial charge in [0.1, 0.15) is 0 Å². The molecule has 0 aromatic carbocycles. The van der Waals surface area contributed by atoms with Crippen LogP contribution in [0.2, 0.25) is 4.34 Å². The molecule has 0 bridgehead atoms. The van der Waals surface area contributed by atoms with Gasteiger partial charge < -0.3 is 5.11 Å². The molecule has 1 aromatic heterocycles.